The van der Waals surface area contributed by atoms with Gasteiger partial charge in [-0.2, -0.15) is 0 Å². The third kappa shape index (κ3) is 3.68. The molecule has 0 unspecified atom stereocenters. The van der Waals surface area contributed by atoms with Crippen LogP contribution in [0, 0.1) is 0 Å². The summed E-state index contributed by atoms with van der Waals surface area (Å²) in [4.78, 5) is 0. The average Bonchev–Trinajstić information content (AvgIpc) is 2.29. The smallest absolute Gasteiger partial charge is 0.305 e. The zero-order chi connectivity index (χ0) is 13.8. The molecule has 0 fully saturated rings. The normalized spacial score (nSPS) is 12.7. The monoisotopic (exact) mass is 270 g/mol. The van der Waals surface area contributed by atoms with Gasteiger partial charge in [0.15, 0.2) is 0 Å². The highest BCUT2D eigenvalue weighted by atomic mass is 31.2. The lowest BCUT2D eigenvalue weighted by Crippen LogP contribution is -2.17. The third-order valence-corrected chi connectivity index (χ3v) is 4.73. The Kier molecular flexibility index (Phi) is 5.15. The van der Waals surface area contributed by atoms with Gasteiger partial charge in [-0.1, -0.05) is 32.9 Å². The molecule has 0 saturated heterocycles. The summed E-state index contributed by atoms with van der Waals surface area (Å²) < 4.78 is 23.4. The molecule has 4 heteroatoms. The van der Waals surface area contributed by atoms with Crippen molar-refractivity contribution in [2.45, 2.75) is 40.0 Å². The molecular weight excluding hydrogens is 247 g/mol. The Morgan fingerprint density at radius 3 is 2.11 bits per heavy atom. The highest BCUT2D eigenvalue weighted by molar-refractivity contribution is 7.62. The third-order valence-electron chi connectivity index (χ3n) is 2.63. The molecule has 0 radical (unpaired) electrons. The molecule has 0 saturated carbocycles. The molecular formula is C14H23O3P. The number of rotatable bonds is 5. The van der Waals surface area contributed by atoms with Crippen molar-refractivity contribution in [1.29, 1.82) is 0 Å². The van der Waals surface area contributed by atoms with Gasteiger partial charge >= 0.3 is 7.60 Å². The molecule has 0 bridgehead atoms. The second-order valence-corrected chi connectivity index (χ2v) is 7.16. The van der Waals surface area contributed by atoms with Gasteiger partial charge < -0.3 is 9.05 Å². The summed E-state index contributed by atoms with van der Waals surface area (Å²) in [5.41, 5.74) is 1.14. The van der Waals surface area contributed by atoms with Gasteiger partial charge in [0.2, 0.25) is 0 Å². The van der Waals surface area contributed by atoms with Crippen molar-refractivity contribution in [2.24, 2.45) is 0 Å². The second kappa shape index (κ2) is 6.01. The standard InChI is InChI=1S/C14H23O3P/c1-6-16-18(15,17-7-2)13-10-8-9-12(11-13)14(3,4)5/h8-11H,6-7H2,1-5H3. The van der Waals surface area contributed by atoms with Crippen molar-refractivity contribution in [3.05, 3.63) is 29.8 Å². The lowest BCUT2D eigenvalue weighted by molar-refractivity contribution is 0.230. The first-order valence-electron chi connectivity index (χ1n) is 6.33. The number of benzene rings is 1. The average molecular weight is 270 g/mol. The Labute approximate surface area is 110 Å². The summed E-state index contributed by atoms with van der Waals surface area (Å²) in [5.74, 6) is 0. The topological polar surface area (TPSA) is 35.5 Å². The van der Waals surface area contributed by atoms with E-state index in [2.05, 4.69) is 20.8 Å². The summed E-state index contributed by atoms with van der Waals surface area (Å²) >= 11 is 0. The molecule has 0 amide bonds. The van der Waals surface area contributed by atoms with Crippen LogP contribution in [0.25, 0.3) is 0 Å². The van der Waals surface area contributed by atoms with Crippen LogP contribution in [0.5, 0.6) is 0 Å². The molecule has 0 aliphatic carbocycles. The van der Waals surface area contributed by atoms with E-state index < -0.39 is 7.60 Å². The molecule has 102 valence electrons. The quantitative estimate of drug-likeness (QED) is 0.762. The fourth-order valence-corrected chi connectivity index (χ4v) is 3.29. The van der Waals surface area contributed by atoms with Crippen molar-refractivity contribution in [2.75, 3.05) is 13.2 Å². The minimum absolute atomic E-state index is 0.0132. The van der Waals surface area contributed by atoms with Gasteiger partial charge in [0, 0.05) is 0 Å². The summed E-state index contributed by atoms with van der Waals surface area (Å²) in [5, 5.41) is 0.638. The van der Waals surface area contributed by atoms with Gasteiger partial charge in [0.25, 0.3) is 0 Å². The Bertz CT molecular complexity index is 425. The first kappa shape index (κ1) is 15.4. The number of hydrogen-bond acceptors (Lipinski definition) is 3. The van der Waals surface area contributed by atoms with E-state index in [9.17, 15) is 4.57 Å². The lowest BCUT2D eigenvalue weighted by atomic mass is 9.87. The van der Waals surface area contributed by atoms with Gasteiger partial charge in [-0.3, -0.25) is 4.57 Å². The van der Waals surface area contributed by atoms with Gasteiger partial charge in [0.05, 0.1) is 18.5 Å². The van der Waals surface area contributed by atoms with Crippen LogP contribution in [0.2, 0.25) is 0 Å². The lowest BCUT2D eigenvalue weighted by Gasteiger charge is -2.22. The molecule has 18 heavy (non-hydrogen) atoms. The van der Waals surface area contributed by atoms with E-state index in [1.165, 1.54) is 0 Å². The Morgan fingerprint density at radius 2 is 1.67 bits per heavy atom. The molecule has 0 aliphatic rings. The molecule has 0 atom stereocenters. The van der Waals surface area contributed by atoms with Crippen LogP contribution in [0.15, 0.2) is 24.3 Å². The van der Waals surface area contributed by atoms with Crippen molar-refractivity contribution in [1.82, 2.24) is 0 Å². The van der Waals surface area contributed by atoms with Crippen LogP contribution < -0.4 is 5.30 Å². The van der Waals surface area contributed by atoms with Crippen molar-refractivity contribution >= 4 is 12.9 Å². The van der Waals surface area contributed by atoms with Crippen molar-refractivity contribution in [3.63, 3.8) is 0 Å². The van der Waals surface area contributed by atoms with E-state index in [1.54, 1.807) is 6.07 Å². The Balaban J connectivity index is 3.18. The Hall–Kier alpha value is -0.630. The number of hydrogen-bond donors (Lipinski definition) is 0. The van der Waals surface area contributed by atoms with Crippen molar-refractivity contribution < 1.29 is 13.6 Å². The first-order chi connectivity index (χ1) is 8.33. The van der Waals surface area contributed by atoms with Crippen LogP contribution in [-0.4, -0.2) is 13.2 Å². The van der Waals surface area contributed by atoms with Gasteiger partial charge in [-0.05, 0) is 37.0 Å². The van der Waals surface area contributed by atoms with Gasteiger partial charge in [0.1, 0.15) is 0 Å². The summed E-state index contributed by atoms with van der Waals surface area (Å²) in [6.45, 7) is 10.8. The summed E-state index contributed by atoms with van der Waals surface area (Å²) in [7, 11) is -3.17. The molecule has 0 aromatic heterocycles. The van der Waals surface area contributed by atoms with E-state index in [0.29, 0.717) is 18.5 Å². The molecule has 3 nitrogen and oxygen atoms in total. The van der Waals surface area contributed by atoms with Crippen LogP contribution in [0.3, 0.4) is 0 Å². The van der Waals surface area contributed by atoms with E-state index in [0.717, 1.165) is 5.56 Å². The minimum Gasteiger partial charge on any atom is -0.305 e. The summed E-state index contributed by atoms with van der Waals surface area (Å²) in [6.07, 6.45) is 0. The van der Waals surface area contributed by atoms with Crippen LogP contribution in [-0.2, 0) is 19.0 Å². The van der Waals surface area contributed by atoms with E-state index >= 15 is 0 Å². The van der Waals surface area contributed by atoms with Crippen molar-refractivity contribution in [3.8, 4) is 0 Å². The zero-order valence-electron chi connectivity index (χ0n) is 11.9. The summed E-state index contributed by atoms with van der Waals surface area (Å²) in [6, 6.07) is 7.67. The van der Waals surface area contributed by atoms with E-state index in [4.69, 9.17) is 9.05 Å². The molecule has 0 spiro atoms. The van der Waals surface area contributed by atoms with Crippen LogP contribution >= 0.6 is 7.60 Å². The van der Waals surface area contributed by atoms with E-state index in [-0.39, 0.29) is 5.41 Å². The second-order valence-electron chi connectivity index (χ2n) is 5.13. The fraction of sp³-hybridized carbons (Fsp3) is 0.571. The molecule has 1 rings (SSSR count). The molecule has 0 aliphatic heterocycles. The van der Waals surface area contributed by atoms with Crippen LogP contribution in [0.1, 0.15) is 40.2 Å². The SMILES string of the molecule is CCOP(=O)(OCC)c1cccc(C(C)(C)C)c1. The molecule has 1 aromatic carbocycles. The minimum atomic E-state index is -3.17. The maximum absolute atomic E-state index is 12.6. The van der Waals surface area contributed by atoms with Gasteiger partial charge in [-0.15, -0.1) is 0 Å². The van der Waals surface area contributed by atoms with Crippen LogP contribution in [0.4, 0.5) is 0 Å². The molecule has 0 N–H and O–H groups in total. The maximum atomic E-state index is 12.6. The zero-order valence-corrected chi connectivity index (χ0v) is 12.8. The molecule has 0 heterocycles. The fourth-order valence-electron chi connectivity index (χ4n) is 1.67. The molecule has 1 aromatic rings. The Morgan fingerprint density at radius 1 is 1.11 bits per heavy atom. The first-order valence-corrected chi connectivity index (χ1v) is 7.88. The van der Waals surface area contributed by atoms with Gasteiger partial charge in [-0.25, -0.2) is 0 Å². The largest absolute Gasteiger partial charge is 0.361 e. The van der Waals surface area contributed by atoms with E-state index in [1.807, 2.05) is 32.0 Å². The highest BCUT2D eigenvalue weighted by Crippen LogP contribution is 2.47. The predicted octanol–water partition coefficient (Wildman–Crippen LogP) is 3.88. The predicted molar refractivity (Wildman–Crippen MR) is 75.6 cm³/mol. The highest BCUT2D eigenvalue weighted by Gasteiger charge is 2.27. The maximum Gasteiger partial charge on any atom is 0.361 e.